The third kappa shape index (κ3) is 4.22. The number of rotatable bonds is 8. The van der Waals surface area contributed by atoms with E-state index in [1.165, 1.54) is 25.4 Å². The van der Waals surface area contributed by atoms with E-state index in [2.05, 4.69) is 0 Å². The average Bonchev–Trinajstić information content (AvgIpc) is 3.46. The fraction of sp³-hybridized carbons (Fsp3) is 0.231. The Labute approximate surface area is 197 Å². The molecule has 1 saturated heterocycles. The summed E-state index contributed by atoms with van der Waals surface area (Å²) in [5, 5.41) is 11.2. The number of methoxy groups -OCH3 is 2. The second-order valence-corrected chi connectivity index (χ2v) is 7.57. The molecule has 1 aliphatic heterocycles. The number of ketones is 1. The molecule has 2 heterocycles. The normalized spacial score (nSPS) is 17.1. The fourth-order valence-corrected chi connectivity index (χ4v) is 4.02. The van der Waals surface area contributed by atoms with Crippen molar-refractivity contribution in [2.75, 3.05) is 20.8 Å². The first-order valence-corrected chi connectivity index (χ1v) is 10.7. The molecule has 1 unspecified atom stereocenters. The number of furan rings is 1. The summed E-state index contributed by atoms with van der Waals surface area (Å²) in [6, 6.07) is 14.2. The Balaban J connectivity index is 1.89. The van der Waals surface area contributed by atoms with Crippen LogP contribution in [0.2, 0.25) is 0 Å². The van der Waals surface area contributed by atoms with Crippen LogP contribution in [0.4, 0.5) is 0 Å². The molecule has 1 aromatic heterocycles. The molecule has 0 spiro atoms. The van der Waals surface area contributed by atoms with Gasteiger partial charge in [-0.2, -0.15) is 0 Å². The molecule has 1 fully saturated rings. The number of likely N-dealkylation sites (tertiary alicyclic amines) is 1. The van der Waals surface area contributed by atoms with Gasteiger partial charge < -0.3 is 28.6 Å². The van der Waals surface area contributed by atoms with E-state index in [-0.39, 0.29) is 17.9 Å². The Morgan fingerprint density at radius 3 is 2.38 bits per heavy atom. The van der Waals surface area contributed by atoms with Gasteiger partial charge in [-0.15, -0.1) is 0 Å². The molecule has 0 radical (unpaired) electrons. The second-order valence-electron chi connectivity index (χ2n) is 7.57. The molecule has 1 atom stereocenters. The predicted octanol–water partition coefficient (Wildman–Crippen LogP) is 4.32. The summed E-state index contributed by atoms with van der Waals surface area (Å²) >= 11 is 0. The number of nitrogens with zero attached hydrogens (tertiary/aromatic N) is 1. The maximum Gasteiger partial charge on any atom is 0.296 e. The molecule has 1 aliphatic rings. The number of carbonyl (C=O) groups is 2. The molecule has 0 bridgehead atoms. The van der Waals surface area contributed by atoms with Crippen LogP contribution in [0.15, 0.2) is 70.9 Å². The van der Waals surface area contributed by atoms with Gasteiger partial charge in [-0.3, -0.25) is 9.59 Å². The number of aliphatic hydroxyl groups is 1. The smallest absolute Gasteiger partial charge is 0.296 e. The van der Waals surface area contributed by atoms with Gasteiger partial charge in [0.15, 0.2) is 0 Å². The van der Waals surface area contributed by atoms with Crippen molar-refractivity contribution < 1.29 is 33.3 Å². The minimum atomic E-state index is -0.929. The molecular weight excluding hydrogens is 438 g/mol. The summed E-state index contributed by atoms with van der Waals surface area (Å²) in [6.07, 6.45) is 1.49. The van der Waals surface area contributed by atoms with E-state index in [4.69, 9.17) is 18.6 Å². The van der Waals surface area contributed by atoms with Crippen molar-refractivity contribution in [3.05, 3.63) is 83.3 Å². The molecule has 1 N–H and O–H groups in total. The first-order valence-electron chi connectivity index (χ1n) is 10.7. The standard InChI is InChI=1S/C26H25NO7/c1-4-33-17-9-7-16(8-10-17)24(28)22-23(20-14-18(31-2)11-12-21(20)32-3)27(26(30)25(22)29)15-19-6-5-13-34-19/h5-14,23,28H,4,15H2,1-3H3. The minimum absolute atomic E-state index is 0.0304. The van der Waals surface area contributed by atoms with Gasteiger partial charge in [-0.05, 0) is 61.5 Å². The molecule has 8 nitrogen and oxygen atoms in total. The summed E-state index contributed by atoms with van der Waals surface area (Å²) in [7, 11) is 3.02. The van der Waals surface area contributed by atoms with Gasteiger partial charge in [0, 0.05) is 11.1 Å². The lowest BCUT2D eigenvalue weighted by Gasteiger charge is -2.26. The SMILES string of the molecule is CCOc1ccc(C(O)=C2C(=O)C(=O)N(Cc3ccco3)C2c2cc(OC)ccc2OC)cc1. The zero-order valence-corrected chi connectivity index (χ0v) is 19.1. The van der Waals surface area contributed by atoms with Crippen LogP contribution in [0.1, 0.15) is 29.9 Å². The maximum absolute atomic E-state index is 13.2. The molecule has 0 saturated carbocycles. The van der Waals surface area contributed by atoms with Crippen molar-refractivity contribution in [3.8, 4) is 17.2 Å². The number of hydrogen-bond donors (Lipinski definition) is 1. The van der Waals surface area contributed by atoms with E-state index in [0.717, 1.165) is 0 Å². The van der Waals surface area contributed by atoms with Gasteiger partial charge in [0.25, 0.3) is 11.7 Å². The monoisotopic (exact) mass is 463 g/mol. The molecular formula is C26H25NO7. The minimum Gasteiger partial charge on any atom is -0.507 e. The molecule has 0 aliphatic carbocycles. The first-order chi connectivity index (χ1) is 16.5. The van der Waals surface area contributed by atoms with Crippen LogP contribution < -0.4 is 14.2 Å². The molecule has 3 aromatic rings. The Hall–Kier alpha value is -4.20. The summed E-state index contributed by atoms with van der Waals surface area (Å²) < 4.78 is 21.8. The van der Waals surface area contributed by atoms with E-state index < -0.39 is 17.7 Å². The average molecular weight is 463 g/mol. The highest BCUT2D eigenvalue weighted by atomic mass is 16.5. The van der Waals surface area contributed by atoms with Crippen LogP contribution in [0, 0.1) is 0 Å². The predicted molar refractivity (Wildman–Crippen MR) is 124 cm³/mol. The summed E-state index contributed by atoms with van der Waals surface area (Å²) in [4.78, 5) is 27.7. The number of ether oxygens (including phenoxy) is 3. The van der Waals surface area contributed by atoms with Crippen molar-refractivity contribution in [2.24, 2.45) is 0 Å². The lowest BCUT2D eigenvalue weighted by atomic mass is 9.94. The van der Waals surface area contributed by atoms with E-state index in [0.29, 0.717) is 40.7 Å². The molecule has 8 heteroatoms. The number of Topliss-reactive ketones (excluding diaryl/α,β-unsaturated/α-hetero) is 1. The van der Waals surface area contributed by atoms with Gasteiger partial charge >= 0.3 is 0 Å². The fourth-order valence-electron chi connectivity index (χ4n) is 4.02. The van der Waals surface area contributed by atoms with Crippen molar-refractivity contribution >= 4 is 17.4 Å². The summed E-state index contributed by atoms with van der Waals surface area (Å²) in [6.45, 7) is 2.40. The molecule has 1 amide bonds. The van der Waals surface area contributed by atoms with E-state index in [1.807, 2.05) is 6.92 Å². The van der Waals surface area contributed by atoms with Crippen LogP contribution in [0.3, 0.4) is 0 Å². The maximum atomic E-state index is 13.2. The van der Waals surface area contributed by atoms with Crippen LogP contribution in [-0.4, -0.2) is 42.5 Å². The van der Waals surface area contributed by atoms with Crippen molar-refractivity contribution in [3.63, 3.8) is 0 Å². The number of benzene rings is 2. The first kappa shape index (κ1) is 23.0. The number of aliphatic hydroxyl groups excluding tert-OH is 1. The molecule has 4 rings (SSSR count). The molecule has 2 aromatic carbocycles. The zero-order valence-electron chi connectivity index (χ0n) is 19.1. The second kappa shape index (κ2) is 9.74. The van der Waals surface area contributed by atoms with Gasteiger partial charge in [0.05, 0.1) is 45.2 Å². The van der Waals surface area contributed by atoms with E-state index in [1.54, 1.807) is 54.6 Å². The lowest BCUT2D eigenvalue weighted by Crippen LogP contribution is -2.29. The van der Waals surface area contributed by atoms with Crippen LogP contribution in [0.25, 0.3) is 5.76 Å². The quantitative estimate of drug-likeness (QED) is 0.302. The van der Waals surface area contributed by atoms with E-state index >= 15 is 0 Å². The highest BCUT2D eigenvalue weighted by molar-refractivity contribution is 6.46. The number of hydrogen-bond acceptors (Lipinski definition) is 7. The number of carbonyl (C=O) groups excluding carboxylic acids is 2. The largest absolute Gasteiger partial charge is 0.507 e. The zero-order chi connectivity index (χ0) is 24.2. The van der Waals surface area contributed by atoms with Gasteiger partial charge in [0.1, 0.15) is 28.8 Å². The third-order valence-corrected chi connectivity index (χ3v) is 5.62. The van der Waals surface area contributed by atoms with Crippen molar-refractivity contribution in [2.45, 2.75) is 19.5 Å². The lowest BCUT2D eigenvalue weighted by molar-refractivity contribution is -0.140. The summed E-state index contributed by atoms with van der Waals surface area (Å²) in [5.74, 6) is 0.234. The molecule has 34 heavy (non-hydrogen) atoms. The van der Waals surface area contributed by atoms with E-state index in [9.17, 15) is 14.7 Å². The van der Waals surface area contributed by atoms with Crippen LogP contribution in [0.5, 0.6) is 17.2 Å². The Morgan fingerprint density at radius 2 is 1.76 bits per heavy atom. The van der Waals surface area contributed by atoms with Crippen LogP contribution in [-0.2, 0) is 16.1 Å². The summed E-state index contributed by atoms with van der Waals surface area (Å²) in [5.41, 5.74) is 0.832. The van der Waals surface area contributed by atoms with Gasteiger partial charge in [0.2, 0.25) is 0 Å². The van der Waals surface area contributed by atoms with Crippen molar-refractivity contribution in [1.29, 1.82) is 0 Å². The van der Waals surface area contributed by atoms with Gasteiger partial charge in [-0.1, -0.05) is 0 Å². The molecule has 176 valence electrons. The third-order valence-electron chi connectivity index (χ3n) is 5.62. The number of amides is 1. The topological polar surface area (TPSA) is 98.4 Å². The Morgan fingerprint density at radius 1 is 1.03 bits per heavy atom. The highest BCUT2D eigenvalue weighted by Crippen LogP contribution is 2.44. The Bertz CT molecular complexity index is 1210. The highest BCUT2D eigenvalue weighted by Gasteiger charge is 2.47. The Kier molecular flexibility index (Phi) is 6.58. The van der Waals surface area contributed by atoms with Gasteiger partial charge in [-0.25, -0.2) is 0 Å². The van der Waals surface area contributed by atoms with Crippen LogP contribution >= 0.6 is 0 Å². The van der Waals surface area contributed by atoms with Crippen molar-refractivity contribution in [1.82, 2.24) is 4.90 Å².